The van der Waals surface area contributed by atoms with Crippen molar-refractivity contribution in [2.24, 2.45) is 5.73 Å². The molecule has 8 heteroatoms. The SMILES string of the molecule is CCOC(=O)C(C)(N)CSc1n[nH]c(=O)n1C1CC1. The smallest absolute Gasteiger partial charge is 0.344 e. The molecule has 0 spiro atoms. The summed E-state index contributed by atoms with van der Waals surface area (Å²) in [4.78, 5) is 23.3. The fourth-order valence-electron chi connectivity index (χ4n) is 1.62. The molecule has 1 fully saturated rings. The van der Waals surface area contributed by atoms with Gasteiger partial charge in [0.05, 0.1) is 6.61 Å². The van der Waals surface area contributed by atoms with Gasteiger partial charge in [0.15, 0.2) is 5.16 Å². The van der Waals surface area contributed by atoms with Gasteiger partial charge in [0.25, 0.3) is 0 Å². The second-order valence-corrected chi connectivity index (χ2v) is 5.78. The lowest BCUT2D eigenvalue weighted by Crippen LogP contribution is -2.48. The Kier molecular flexibility index (Phi) is 4.00. The van der Waals surface area contributed by atoms with Crippen LogP contribution < -0.4 is 11.4 Å². The van der Waals surface area contributed by atoms with Gasteiger partial charge >= 0.3 is 11.7 Å². The van der Waals surface area contributed by atoms with Crippen molar-refractivity contribution >= 4 is 17.7 Å². The van der Waals surface area contributed by atoms with Gasteiger partial charge in [-0.15, -0.1) is 5.10 Å². The van der Waals surface area contributed by atoms with Gasteiger partial charge in [0.1, 0.15) is 5.54 Å². The Hall–Kier alpha value is -1.28. The lowest BCUT2D eigenvalue weighted by Gasteiger charge is -2.21. The van der Waals surface area contributed by atoms with Gasteiger partial charge in [-0.3, -0.25) is 9.36 Å². The first kappa shape index (κ1) is 14.1. The maximum atomic E-state index is 11.7. The topological polar surface area (TPSA) is 103 Å². The molecule has 1 aliphatic rings. The van der Waals surface area contributed by atoms with Crippen LogP contribution >= 0.6 is 11.8 Å². The Morgan fingerprint density at radius 2 is 2.37 bits per heavy atom. The molecular weight excluding hydrogens is 268 g/mol. The molecule has 19 heavy (non-hydrogen) atoms. The van der Waals surface area contributed by atoms with Gasteiger partial charge in [0.2, 0.25) is 0 Å². The van der Waals surface area contributed by atoms with Crippen LogP contribution in [-0.4, -0.2) is 38.6 Å². The predicted molar refractivity (Wildman–Crippen MR) is 71.1 cm³/mol. The first-order valence-electron chi connectivity index (χ1n) is 6.21. The molecule has 0 amide bonds. The average molecular weight is 286 g/mol. The standard InChI is InChI=1S/C11H18N4O3S/c1-3-18-8(16)11(2,12)6-19-10-14-13-9(17)15(10)7-4-5-7/h7H,3-6,12H2,1-2H3,(H,13,17). The van der Waals surface area contributed by atoms with Crippen molar-refractivity contribution in [2.45, 2.75) is 43.4 Å². The summed E-state index contributed by atoms with van der Waals surface area (Å²) in [5.74, 6) is -0.138. The van der Waals surface area contributed by atoms with Crippen LogP contribution in [0.25, 0.3) is 0 Å². The van der Waals surface area contributed by atoms with E-state index in [1.165, 1.54) is 11.8 Å². The first-order chi connectivity index (χ1) is 8.95. The quantitative estimate of drug-likeness (QED) is 0.575. The Labute approximate surface area is 114 Å². The zero-order chi connectivity index (χ0) is 14.0. The lowest BCUT2D eigenvalue weighted by molar-refractivity contribution is -0.148. The summed E-state index contributed by atoms with van der Waals surface area (Å²) in [5, 5.41) is 6.97. The van der Waals surface area contributed by atoms with Gasteiger partial charge in [-0.1, -0.05) is 11.8 Å². The summed E-state index contributed by atoms with van der Waals surface area (Å²) < 4.78 is 6.55. The van der Waals surface area contributed by atoms with Crippen LogP contribution in [-0.2, 0) is 9.53 Å². The highest BCUT2D eigenvalue weighted by Crippen LogP contribution is 2.36. The van der Waals surface area contributed by atoms with Gasteiger partial charge < -0.3 is 10.5 Å². The molecule has 1 saturated carbocycles. The molecule has 106 valence electrons. The monoisotopic (exact) mass is 286 g/mol. The Morgan fingerprint density at radius 1 is 1.68 bits per heavy atom. The number of carbonyl (C=O) groups excluding carboxylic acids is 1. The maximum absolute atomic E-state index is 11.7. The molecule has 7 nitrogen and oxygen atoms in total. The van der Waals surface area contributed by atoms with Gasteiger partial charge in [0, 0.05) is 11.8 Å². The Morgan fingerprint density at radius 3 is 2.95 bits per heavy atom. The van der Waals surface area contributed by atoms with Crippen molar-refractivity contribution < 1.29 is 9.53 Å². The molecule has 0 radical (unpaired) electrons. The number of aromatic nitrogens is 3. The molecular formula is C11H18N4O3S. The second kappa shape index (κ2) is 5.38. The highest BCUT2D eigenvalue weighted by molar-refractivity contribution is 7.99. The Bertz CT molecular complexity index is 518. The number of nitrogens with two attached hydrogens (primary N) is 1. The van der Waals surface area contributed by atoms with E-state index in [1.807, 2.05) is 0 Å². The van der Waals surface area contributed by atoms with Crippen LogP contribution in [0.15, 0.2) is 9.95 Å². The van der Waals surface area contributed by atoms with Crippen molar-refractivity contribution in [1.29, 1.82) is 0 Å². The number of H-pyrrole nitrogens is 1. The van der Waals surface area contributed by atoms with E-state index in [1.54, 1.807) is 18.4 Å². The summed E-state index contributed by atoms with van der Waals surface area (Å²) in [6, 6.07) is 0.236. The van der Waals surface area contributed by atoms with Crippen molar-refractivity contribution in [1.82, 2.24) is 14.8 Å². The van der Waals surface area contributed by atoms with Crippen molar-refractivity contribution in [3.05, 3.63) is 10.5 Å². The van der Waals surface area contributed by atoms with Crippen LogP contribution in [0.4, 0.5) is 0 Å². The molecule has 1 aromatic heterocycles. The number of thioether (sulfide) groups is 1. The minimum Gasteiger partial charge on any atom is -0.465 e. The van der Waals surface area contributed by atoms with Gasteiger partial charge in [-0.2, -0.15) is 0 Å². The highest BCUT2D eigenvalue weighted by Gasteiger charge is 2.33. The third kappa shape index (κ3) is 3.19. The third-order valence-corrected chi connectivity index (χ3v) is 4.12. The van der Waals surface area contributed by atoms with E-state index in [0.717, 1.165) is 12.8 Å². The number of rotatable bonds is 6. The van der Waals surface area contributed by atoms with Gasteiger partial charge in [-0.05, 0) is 26.7 Å². The van der Waals surface area contributed by atoms with E-state index in [9.17, 15) is 9.59 Å². The minimum absolute atomic E-state index is 0.208. The molecule has 1 unspecified atom stereocenters. The summed E-state index contributed by atoms with van der Waals surface area (Å²) in [7, 11) is 0. The van der Waals surface area contributed by atoms with Crippen LogP contribution in [0, 0.1) is 0 Å². The van der Waals surface area contributed by atoms with Crippen LogP contribution in [0.1, 0.15) is 32.7 Å². The number of nitrogens with zero attached hydrogens (tertiary/aromatic N) is 2. The van der Waals surface area contributed by atoms with Gasteiger partial charge in [-0.25, -0.2) is 9.89 Å². The second-order valence-electron chi connectivity index (χ2n) is 4.84. The molecule has 1 atom stereocenters. The van der Waals surface area contributed by atoms with Crippen molar-refractivity contribution in [3.63, 3.8) is 0 Å². The minimum atomic E-state index is -1.09. The van der Waals surface area contributed by atoms with Crippen LogP contribution in [0.5, 0.6) is 0 Å². The van der Waals surface area contributed by atoms with E-state index in [2.05, 4.69) is 10.2 Å². The molecule has 1 aliphatic carbocycles. The van der Waals surface area contributed by atoms with E-state index in [-0.39, 0.29) is 11.7 Å². The summed E-state index contributed by atoms with van der Waals surface area (Å²) in [5.41, 5.74) is 4.62. The molecule has 0 saturated heterocycles. The third-order valence-electron chi connectivity index (χ3n) is 2.83. The number of ether oxygens (including phenoxy) is 1. The fraction of sp³-hybridized carbons (Fsp3) is 0.727. The van der Waals surface area contributed by atoms with E-state index in [4.69, 9.17) is 10.5 Å². The number of carbonyl (C=O) groups is 1. The number of hydrogen-bond acceptors (Lipinski definition) is 6. The fourth-order valence-corrected chi connectivity index (χ4v) is 2.64. The van der Waals surface area contributed by atoms with E-state index >= 15 is 0 Å². The summed E-state index contributed by atoms with van der Waals surface area (Å²) in [6.45, 7) is 3.65. The average Bonchev–Trinajstić information content (AvgIpc) is 3.11. The zero-order valence-corrected chi connectivity index (χ0v) is 11.8. The molecule has 3 N–H and O–H groups in total. The molecule has 0 aliphatic heterocycles. The Balaban J connectivity index is 2.02. The molecule has 0 aromatic carbocycles. The van der Waals surface area contributed by atoms with Crippen LogP contribution in [0.3, 0.4) is 0 Å². The maximum Gasteiger partial charge on any atom is 0.344 e. The zero-order valence-electron chi connectivity index (χ0n) is 11.0. The molecule has 1 heterocycles. The first-order valence-corrected chi connectivity index (χ1v) is 7.20. The predicted octanol–water partition coefficient (Wildman–Crippen LogP) is 0.279. The normalized spacial score (nSPS) is 18.1. The highest BCUT2D eigenvalue weighted by atomic mass is 32.2. The largest absolute Gasteiger partial charge is 0.465 e. The van der Waals surface area contributed by atoms with Crippen molar-refractivity contribution in [3.8, 4) is 0 Å². The molecule has 2 rings (SSSR count). The number of nitrogens with one attached hydrogen (secondary N) is 1. The molecule has 0 bridgehead atoms. The number of aromatic amines is 1. The van der Waals surface area contributed by atoms with Crippen LogP contribution in [0.2, 0.25) is 0 Å². The van der Waals surface area contributed by atoms with E-state index < -0.39 is 11.5 Å². The van der Waals surface area contributed by atoms with Crippen molar-refractivity contribution in [2.75, 3.05) is 12.4 Å². The summed E-state index contributed by atoms with van der Waals surface area (Å²) in [6.07, 6.45) is 1.98. The molecule has 1 aromatic rings. The van der Waals surface area contributed by atoms with E-state index in [0.29, 0.717) is 17.5 Å². The number of esters is 1. The number of hydrogen-bond donors (Lipinski definition) is 2. The summed E-state index contributed by atoms with van der Waals surface area (Å²) >= 11 is 1.29. The lowest BCUT2D eigenvalue weighted by atomic mass is 10.1.